The lowest BCUT2D eigenvalue weighted by molar-refractivity contribution is 0.210. The smallest absolute Gasteiger partial charge is 0.409 e. The molecule has 0 bridgehead atoms. The van der Waals surface area contributed by atoms with Gasteiger partial charge in [-0.15, -0.1) is 0 Å². The molecule has 1 amide bonds. The number of nitrogens with one attached hydrogen (secondary N) is 2. The van der Waals surface area contributed by atoms with E-state index in [4.69, 9.17) is 16.7 Å². The number of anilines is 1. The number of pyridine rings is 1. The number of imidazole rings is 1. The van der Waals surface area contributed by atoms with Gasteiger partial charge in [0.25, 0.3) is 0 Å². The standard InChI is InChI=1S/C23H18BrClN4O2/c24-16-8-11-19(26-13-16)18(12-14-4-2-1-3-5-14)22-28-20(21(25)29-22)15-6-9-17(10-7-15)27-23(30)31/h1-11,13,18,27H,12H2,(H,28,29)(H,30,31). The van der Waals surface area contributed by atoms with Crippen molar-refractivity contribution in [2.45, 2.75) is 12.3 Å². The van der Waals surface area contributed by atoms with E-state index in [0.29, 0.717) is 28.8 Å². The first-order valence-corrected chi connectivity index (χ1v) is 10.7. The number of hydrogen-bond donors (Lipinski definition) is 3. The fourth-order valence-electron chi connectivity index (χ4n) is 3.35. The number of hydrogen-bond acceptors (Lipinski definition) is 3. The Kier molecular flexibility index (Phi) is 6.34. The Bertz CT molecular complexity index is 1180. The molecular weight excluding hydrogens is 480 g/mol. The number of carbonyl (C=O) groups is 1. The van der Waals surface area contributed by atoms with Gasteiger partial charge in [0, 0.05) is 21.9 Å². The second-order valence-electron chi connectivity index (χ2n) is 6.94. The van der Waals surface area contributed by atoms with Gasteiger partial charge in [-0.05, 0) is 52.2 Å². The van der Waals surface area contributed by atoms with Crippen LogP contribution in [0.5, 0.6) is 0 Å². The van der Waals surface area contributed by atoms with E-state index in [1.54, 1.807) is 30.5 Å². The molecule has 1 atom stereocenters. The predicted molar refractivity (Wildman–Crippen MR) is 125 cm³/mol. The molecule has 0 saturated heterocycles. The number of nitrogens with zero attached hydrogens (tertiary/aromatic N) is 2. The summed E-state index contributed by atoms with van der Waals surface area (Å²) in [4.78, 5) is 23.4. The molecule has 2 heterocycles. The lowest BCUT2D eigenvalue weighted by Crippen LogP contribution is -2.09. The number of benzene rings is 2. The normalized spacial score (nSPS) is 11.8. The molecular formula is C23H18BrClN4O2. The van der Waals surface area contributed by atoms with Gasteiger partial charge in [-0.25, -0.2) is 9.78 Å². The van der Waals surface area contributed by atoms with Crippen LogP contribution in [-0.4, -0.2) is 26.2 Å². The van der Waals surface area contributed by atoms with Crippen molar-refractivity contribution in [3.05, 3.63) is 99.6 Å². The largest absolute Gasteiger partial charge is 0.465 e. The molecule has 4 aromatic rings. The fourth-order valence-corrected chi connectivity index (χ4v) is 3.84. The van der Waals surface area contributed by atoms with Crippen LogP contribution in [0.4, 0.5) is 10.5 Å². The van der Waals surface area contributed by atoms with Crippen LogP contribution in [0.2, 0.25) is 5.15 Å². The van der Waals surface area contributed by atoms with E-state index in [2.05, 4.69) is 48.3 Å². The number of aromatic nitrogens is 3. The summed E-state index contributed by atoms with van der Waals surface area (Å²) in [7, 11) is 0. The van der Waals surface area contributed by atoms with Crippen molar-refractivity contribution < 1.29 is 9.90 Å². The fraction of sp³-hybridized carbons (Fsp3) is 0.0870. The molecule has 2 aromatic carbocycles. The molecule has 0 spiro atoms. The SMILES string of the molecule is O=C(O)Nc1ccc(-c2[nH]c(C(Cc3ccccc3)c3ccc(Br)cn3)nc2Cl)cc1. The highest BCUT2D eigenvalue weighted by atomic mass is 79.9. The number of halogens is 2. The average Bonchev–Trinajstić information content (AvgIpc) is 3.15. The molecule has 2 aromatic heterocycles. The van der Waals surface area contributed by atoms with Crippen molar-refractivity contribution in [2.75, 3.05) is 5.32 Å². The first kappa shape index (κ1) is 21.1. The molecule has 3 N–H and O–H groups in total. The van der Waals surface area contributed by atoms with Crippen LogP contribution in [-0.2, 0) is 6.42 Å². The zero-order valence-electron chi connectivity index (χ0n) is 16.2. The Morgan fingerprint density at radius 1 is 1.10 bits per heavy atom. The van der Waals surface area contributed by atoms with E-state index < -0.39 is 6.09 Å². The molecule has 0 saturated carbocycles. The minimum absolute atomic E-state index is 0.116. The van der Waals surface area contributed by atoms with Crippen molar-refractivity contribution in [3.63, 3.8) is 0 Å². The van der Waals surface area contributed by atoms with E-state index in [0.717, 1.165) is 21.3 Å². The number of aromatic amines is 1. The molecule has 4 rings (SSSR count). The van der Waals surface area contributed by atoms with Crippen LogP contribution in [0.15, 0.2) is 77.4 Å². The van der Waals surface area contributed by atoms with E-state index in [1.807, 2.05) is 30.3 Å². The third-order valence-corrected chi connectivity index (χ3v) is 5.57. The first-order chi connectivity index (χ1) is 15.0. The zero-order chi connectivity index (χ0) is 21.8. The predicted octanol–water partition coefficient (Wildman–Crippen LogP) is 6.35. The maximum Gasteiger partial charge on any atom is 0.409 e. The van der Waals surface area contributed by atoms with Gasteiger partial charge in [-0.3, -0.25) is 10.3 Å². The van der Waals surface area contributed by atoms with Crippen LogP contribution in [0.3, 0.4) is 0 Å². The Morgan fingerprint density at radius 2 is 1.84 bits per heavy atom. The monoisotopic (exact) mass is 496 g/mol. The number of amides is 1. The molecule has 1 unspecified atom stereocenters. The van der Waals surface area contributed by atoms with Crippen LogP contribution in [0.25, 0.3) is 11.3 Å². The van der Waals surface area contributed by atoms with Crippen LogP contribution < -0.4 is 5.32 Å². The van der Waals surface area contributed by atoms with E-state index in [-0.39, 0.29) is 5.92 Å². The van der Waals surface area contributed by atoms with E-state index in [9.17, 15) is 4.79 Å². The van der Waals surface area contributed by atoms with Crippen molar-refractivity contribution in [1.29, 1.82) is 0 Å². The Balaban J connectivity index is 1.69. The maximum absolute atomic E-state index is 10.8. The van der Waals surface area contributed by atoms with Gasteiger partial charge in [0.05, 0.1) is 17.3 Å². The molecule has 6 nitrogen and oxygen atoms in total. The molecule has 0 radical (unpaired) electrons. The summed E-state index contributed by atoms with van der Waals surface area (Å²) in [5, 5.41) is 11.5. The van der Waals surface area contributed by atoms with Crippen LogP contribution >= 0.6 is 27.5 Å². The first-order valence-electron chi connectivity index (χ1n) is 9.51. The second kappa shape index (κ2) is 9.32. The van der Waals surface area contributed by atoms with Crippen molar-refractivity contribution >= 4 is 39.3 Å². The number of H-pyrrole nitrogens is 1. The summed E-state index contributed by atoms with van der Waals surface area (Å²) in [5.41, 5.74) is 4.00. The van der Waals surface area contributed by atoms with Gasteiger partial charge in [-0.2, -0.15) is 0 Å². The van der Waals surface area contributed by atoms with Gasteiger partial charge >= 0.3 is 6.09 Å². The van der Waals surface area contributed by atoms with Gasteiger partial charge < -0.3 is 10.1 Å². The summed E-state index contributed by atoms with van der Waals surface area (Å²) in [6, 6.07) is 21.0. The average molecular weight is 498 g/mol. The van der Waals surface area contributed by atoms with Crippen LogP contribution in [0, 0.1) is 0 Å². The lowest BCUT2D eigenvalue weighted by Gasteiger charge is -2.14. The Labute approximate surface area is 192 Å². The summed E-state index contributed by atoms with van der Waals surface area (Å²) >= 11 is 9.92. The quantitative estimate of drug-likeness (QED) is 0.289. The minimum Gasteiger partial charge on any atom is -0.465 e. The van der Waals surface area contributed by atoms with Gasteiger partial charge in [0.1, 0.15) is 5.82 Å². The highest BCUT2D eigenvalue weighted by Crippen LogP contribution is 2.32. The third-order valence-electron chi connectivity index (χ3n) is 4.82. The summed E-state index contributed by atoms with van der Waals surface area (Å²) in [6.07, 6.45) is 1.37. The maximum atomic E-state index is 10.8. The van der Waals surface area contributed by atoms with Crippen LogP contribution in [0.1, 0.15) is 23.0 Å². The van der Waals surface area contributed by atoms with Crippen molar-refractivity contribution in [3.8, 4) is 11.3 Å². The van der Waals surface area contributed by atoms with Gasteiger partial charge in [-0.1, -0.05) is 54.1 Å². The minimum atomic E-state index is -1.11. The summed E-state index contributed by atoms with van der Waals surface area (Å²) < 4.78 is 0.905. The lowest BCUT2D eigenvalue weighted by atomic mass is 9.95. The Hall–Kier alpha value is -3.16. The topological polar surface area (TPSA) is 90.9 Å². The second-order valence-corrected chi connectivity index (χ2v) is 8.21. The van der Waals surface area contributed by atoms with E-state index >= 15 is 0 Å². The van der Waals surface area contributed by atoms with Crippen molar-refractivity contribution in [2.24, 2.45) is 0 Å². The molecule has 0 aliphatic rings. The molecule has 0 aliphatic heterocycles. The summed E-state index contributed by atoms with van der Waals surface area (Å²) in [6.45, 7) is 0. The molecule has 0 aliphatic carbocycles. The molecule has 8 heteroatoms. The Morgan fingerprint density at radius 3 is 2.48 bits per heavy atom. The van der Waals surface area contributed by atoms with Gasteiger partial charge in [0.2, 0.25) is 0 Å². The van der Waals surface area contributed by atoms with Gasteiger partial charge in [0.15, 0.2) is 5.15 Å². The number of rotatable bonds is 6. The highest BCUT2D eigenvalue weighted by Gasteiger charge is 2.22. The third kappa shape index (κ3) is 5.13. The molecule has 0 fully saturated rings. The number of carboxylic acid groups (broad SMARTS) is 1. The highest BCUT2D eigenvalue weighted by molar-refractivity contribution is 9.10. The zero-order valence-corrected chi connectivity index (χ0v) is 18.6. The summed E-state index contributed by atoms with van der Waals surface area (Å²) in [5.74, 6) is 0.598. The molecule has 31 heavy (non-hydrogen) atoms. The van der Waals surface area contributed by atoms with Crippen molar-refractivity contribution in [1.82, 2.24) is 15.0 Å². The van der Waals surface area contributed by atoms with E-state index in [1.165, 1.54) is 0 Å². The molecule has 156 valence electrons.